The summed E-state index contributed by atoms with van der Waals surface area (Å²) in [6.07, 6.45) is 3.01. The molecule has 1 atom stereocenters. The Morgan fingerprint density at radius 1 is 1.10 bits per heavy atom. The summed E-state index contributed by atoms with van der Waals surface area (Å²) in [6, 6.07) is 15.8. The van der Waals surface area contributed by atoms with E-state index in [2.05, 4.69) is 4.98 Å². The Morgan fingerprint density at radius 2 is 1.90 bits per heavy atom. The average molecular weight is 420 g/mol. The van der Waals surface area contributed by atoms with Crippen LogP contribution in [0.5, 0.6) is 0 Å². The molecular formula is C25H26FN3O2. The number of halogens is 1. The molecule has 0 spiro atoms. The van der Waals surface area contributed by atoms with Gasteiger partial charge < -0.3 is 14.8 Å². The summed E-state index contributed by atoms with van der Waals surface area (Å²) in [6.45, 7) is 4.48. The second-order valence-electron chi connectivity index (χ2n) is 7.69. The standard InChI is InChI=1S/C25H26FN3O2/c1-3-29-22-16-18(9-7-15-30)12-13-21(22)28-24(29)25(31,19-10-4-5-11-20(19)26)23-17(2)8-6-14-27-23/h4-6,8,10-14,16,30-31H,3,7,9,15H2,1-2H3. The zero-order valence-corrected chi connectivity index (χ0v) is 17.7. The van der Waals surface area contributed by atoms with E-state index in [0.717, 1.165) is 23.1 Å². The zero-order valence-electron chi connectivity index (χ0n) is 17.7. The van der Waals surface area contributed by atoms with E-state index >= 15 is 4.39 Å². The molecule has 2 aromatic carbocycles. The molecule has 2 aromatic heterocycles. The van der Waals surface area contributed by atoms with Gasteiger partial charge in [-0.15, -0.1) is 0 Å². The van der Waals surface area contributed by atoms with E-state index in [4.69, 9.17) is 10.1 Å². The Morgan fingerprint density at radius 3 is 2.61 bits per heavy atom. The molecule has 6 heteroatoms. The minimum absolute atomic E-state index is 0.113. The Hall–Kier alpha value is -3.09. The third kappa shape index (κ3) is 3.62. The maximum absolute atomic E-state index is 15.0. The molecule has 5 nitrogen and oxygen atoms in total. The number of imidazole rings is 1. The highest BCUT2D eigenvalue weighted by atomic mass is 19.1. The molecule has 2 N–H and O–H groups in total. The van der Waals surface area contributed by atoms with E-state index in [1.807, 2.05) is 42.7 Å². The number of aromatic nitrogens is 3. The minimum atomic E-state index is -1.86. The molecule has 0 fully saturated rings. The highest BCUT2D eigenvalue weighted by Gasteiger charge is 2.43. The van der Waals surface area contributed by atoms with Crippen molar-refractivity contribution in [3.8, 4) is 0 Å². The van der Waals surface area contributed by atoms with Gasteiger partial charge in [0.2, 0.25) is 0 Å². The minimum Gasteiger partial charge on any atom is -0.396 e. The Labute approximate surface area is 180 Å². The molecule has 0 bridgehead atoms. The summed E-state index contributed by atoms with van der Waals surface area (Å²) >= 11 is 0. The summed E-state index contributed by atoms with van der Waals surface area (Å²) in [4.78, 5) is 9.22. The Balaban J connectivity index is 2.02. The summed E-state index contributed by atoms with van der Waals surface area (Å²) in [5.74, 6) is -0.190. The van der Waals surface area contributed by atoms with Gasteiger partial charge in [0.25, 0.3) is 0 Å². The van der Waals surface area contributed by atoms with E-state index in [1.54, 1.807) is 30.5 Å². The van der Waals surface area contributed by atoms with E-state index in [1.165, 1.54) is 6.07 Å². The molecule has 0 saturated carbocycles. The number of benzene rings is 2. The van der Waals surface area contributed by atoms with E-state index < -0.39 is 11.4 Å². The molecule has 160 valence electrons. The highest BCUT2D eigenvalue weighted by Crippen LogP contribution is 2.39. The fourth-order valence-electron chi connectivity index (χ4n) is 4.18. The molecule has 0 saturated heterocycles. The number of hydrogen-bond acceptors (Lipinski definition) is 4. The van der Waals surface area contributed by atoms with Crippen molar-refractivity contribution in [2.45, 2.75) is 38.8 Å². The van der Waals surface area contributed by atoms with Gasteiger partial charge in [-0.3, -0.25) is 4.98 Å². The smallest absolute Gasteiger partial charge is 0.193 e. The summed E-state index contributed by atoms with van der Waals surface area (Å²) < 4.78 is 16.9. The summed E-state index contributed by atoms with van der Waals surface area (Å²) in [7, 11) is 0. The second-order valence-corrected chi connectivity index (χ2v) is 7.69. The number of aliphatic hydroxyl groups is 2. The fourth-order valence-corrected chi connectivity index (χ4v) is 4.18. The van der Waals surface area contributed by atoms with Crippen LogP contribution in [-0.4, -0.2) is 31.4 Å². The highest BCUT2D eigenvalue weighted by molar-refractivity contribution is 5.77. The van der Waals surface area contributed by atoms with Crippen LogP contribution in [0.4, 0.5) is 4.39 Å². The van der Waals surface area contributed by atoms with Crippen molar-refractivity contribution in [2.75, 3.05) is 6.61 Å². The quantitative estimate of drug-likeness (QED) is 0.473. The lowest BCUT2D eigenvalue weighted by molar-refractivity contribution is 0.102. The van der Waals surface area contributed by atoms with E-state index in [0.29, 0.717) is 30.0 Å². The van der Waals surface area contributed by atoms with Crippen LogP contribution in [0.3, 0.4) is 0 Å². The van der Waals surface area contributed by atoms with Crippen molar-refractivity contribution in [3.05, 3.63) is 94.8 Å². The van der Waals surface area contributed by atoms with Crippen LogP contribution in [0.15, 0.2) is 60.8 Å². The molecular weight excluding hydrogens is 393 g/mol. The van der Waals surface area contributed by atoms with Crippen LogP contribution in [0, 0.1) is 12.7 Å². The van der Waals surface area contributed by atoms with Crippen LogP contribution in [0.1, 0.15) is 41.6 Å². The van der Waals surface area contributed by atoms with Crippen LogP contribution >= 0.6 is 0 Å². The molecule has 2 heterocycles. The van der Waals surface area contributed by atoms with Gasteiger partial charge in [0.15, 0.2) is 11.4 Å². The molecule has 4 aromatic rings. The predicted molar refractivity (Wildman–Crippen MR) is 118 cm³/mol. The molecule has 0 amide bonds. The van der Waals surface area contributed by atoms with Crippen LogP contribution in [-0.2, 0) is 18.6 Å². The summed E-state index contributed by atoms with van der Waals surface area (Å²) in [5.41, 5.74) is 1.99. The monoisotopic (exact) mass is 419 g/mol. The largest absolute Gasteiger partial charge is 0.396 e. The number of aryl methyl sites for hydroxylation is 3. The van der Waals surface area contributed by atoms with Gasteiger partial charge in [-0.05, 0) is 62.1 Å². The van der Waals surface area contributed by atoms with Crippen molar-refractivity contribution >= 4 is 11.0 Å². The van der Waals surface area contributed by atoms with E-state index in [-0.39, 0.29) is 12.2 Å². The van der Waals surface area contributed by atoms with Gasteiger partial charge in [0.05, 0.1) is 16.7 Å². The van der Waals surface area contributed by atoms with Crippen molar-refractivity contribution in [3.63, 3.8) is 0 Å². The van der Waals surface area contributed by atoms with Crippen LogP contribution in [0.25, 0.3) is 11.0 Å². The molecule has 0 aliphatic rings. The number of rotatable bonds is 7. The Bertz CT molecular complexity index is 1170. The van der Waals surface area contributed by atoms with E-state index in [9.17, 15) is 5.11 Å². The first-order chi connectivity index (χ1) is 15.0. The third-order valence-electron chi connectivity index (χ3n) is 5.69. The van der Waals surface area contributed by atoms with Crippen LogP contribution in [0.2, 0.25) is 0 Å². The first kappa shape index (κ1) is 21.2. The van der Waals surface area contributed by atoms with Gasteiger partial charge in [0.1, 0.15) is 5.82 Å². The maximum Gasteiger partial charge on any atom is 0.193 e. The lowest BCUT2D eigenvalue weighted by atomic mass is 9.86. The third-order valence-corrected chi connectivity index (χ3v) is 5.69. The van der Waals surface area contributed by atoms with Gasteiger partial charge in [0, 0.05) is 24.9 Å². The zero-order chi connectivity index (χ0) is 22.0. The van der Waals surface area contributed by atoms with Crippen LogP contribution < -0.4 is 0 Å². The van der Waals surface area contributed by atoms with Crippen molar-refractivity contribution < 1.29 is 14.6 Å². The SMILES string of the molecule is CCn1c(C(O)(c2ccccc2F)c2ncccc2C)nc2ccc(CCCO)cc21. The number of nitrogens with zero attached hydrogens (tertiary/aromatic N) is 3. The number of fused-ring (bicyclic) bond motifs is 1. The summed E-state index contributed by atoms with van der Waals surface area (Å²) in [5, 5.41) is 21.4. The van der Waals surface area contributed by atoms with Gasteiger partial charge in [-0.25, -0.2) is 9.37 Å². The van der Waals surface area contributed by atoms with Gasteiger partial charge in [-0.2, -0.15) is 0 Å². The molecule has 0 radical (unpaired) electrons. The fraction of sp³-hybridized carbons (Fsp3) is 0.280. The molecule has 0 aliphatic heterocycles. The normalized spacial score (nSPS) is 13.5. The van der Waals surface area contributed by atoms with Gasteiger partial charge >= 0.3 is 0 Å². The van der Waals surface area contributed by atoms with Gasteiger partial charge in [-0.1, -0.05) is 30.3 Å². The maximum atomic E-state index is 15.0. The number of aliphatic hydroxyl groups excluding tert-OH is 1. The predicted octanol–water partition coefficient (Wildman–Crippen LogP) is 4.11. The first-order valence-electron chi connectivity index (χ1n) is 10.5. The second kappa shape index (κ2) is 8.57. The first-order valence-corrected chi connectivity index (χ1v) is 10.5. The lowest BCUT2D eigenvalue weighted by Gasteiger charge is -2.30. The molecule has 31 heavy (non-hydrogen) atoms. The number of pyridine rings is 1. The average Bonchev–Trinajstić information content (AvgIpc) is 3.16. The molecule has 4 rings (SSSR count). The lowest BCUT2D eigenvalue weighted by Crippen LogP contribution is -2.35. The van der Waals surface area contributed by atoms with Crippen molar-refractivity contribution in [1.29, 1.82) is 0 Å². The Kier molecular flexibility index (Phi) is 5.85. The number of hydrogen-bond donors (Lipinski definition) is 2. The van der Waals surface area contributed by atoms with Crippen molar-refractivity contribution in [2.24, 2.45) is 0 Å². The topological polar surface area (TPSA) is 71.2 Å². The van der Waals surface area contributed by atoms with Crippen molar-refractivity contribution in [1.82, 2.24) is 14.5 Å². The molecule has 0 aliphatic carbocycles. The molecule has 1 unspecified atom stereocenters.